The van der Waals surface area contributed by atoms with E-state index in [1.807, 2.05) is 0 Å². The smallest absolute Gasteiger partial charge is 0.227 e. The Morgan fingerprint density at radius 1 is 1.26 bits per heavy atom. The molecule has 2 atom stereocenters. The average molecular weight is 394 g/mol. The minimum atomic E-state index is 0.0513. The molecular weight excluding hydrogens is 362 g/mol. The summed E-state index contributed by atoms with van der Waals surface area (Å²) in [6.45, 7) is 3.43. The summed E-state index contributed by atoms with van der Waals surface area (Å²) >= 11 is 6.12. The van der Waals surface area contributed by atoms with Crippen LogP contribution in [0.15, 0.2) is 12.1 Å². The Balaban J connectivity index is 1.59. The van der Waals surface area contributed by atoms with Crippen LogP contribution < -0.4 is 15.8 Å². The fourth-order valence-electron chi connectivity index (χ4n) is 4.64. The second kappa shape index (κ2) is 9.16. The molecule has 0 aromatic heterocycles. The molecule has 1 aromatic carbocycles. The number of unbranched alkanes of at least 4 members (excludes halogenated alkanes) is 3. The molecule has 3 N–H and O–H groups in total. The summed E-state index contributed by atoms with van der Waals surface area (Å²) in [6.07, 6.45) is 9.52. The van der Waals surface area contributed by atoms with Crippen molar-refractivity contribution in [1.29, 1.82) is 0 Å². The average Bonchev–Trinajstić information content (AvgIpc) is 2.88. The van der Waals surface area contributed by atoms with Crippen molar-refractivity contribution in [3.8, 4) is 5.75 Å². The number of anilines is 2. The minimum absolute atomic E-state index is 0.0513. The molecule has 5 nitrogen and oxygen atoms in total. The van der Waals surface area contributed by atoms with E-state index >= 15 is 0 Å². The SMILES string of the molecule is CCCCCCN1C2CCC1CC(C(=O)Nc1cc(Cl)c(N)cc1OC)C2. The highest BCUT2D eigenvalue weighted by Crippen LogP contribution is 2.40. The molecule has 1 aromatic rings. The molecule has 0 aliphatic carbocycles. The van der Waals surface area contributed by atoms with Crippen LogP contribution in [0, 0.1) is 5.92 Å². The number of methoxy groups -OCH3 is 1. The summed E-state index contributed by atoms with van der Waals surface area (Å²) in [5.74, 6) is 0.661. The summed E-state index contributed by atoms with van der Waals surface area (Å²) in [5.41, 5.74) is 6.87. The second-order valence-electron chi connectivity index (χ2n) is 7.92. The van der Waals surface area contributed by atoms with Gasteiger partial charge in [-0.15, -0.1) is 0 Å². The van der Waals surface area contributed by atoms with Gasteiger partial charge >= 0.3 is 0 Å². The number of nitrogens with zero attached hydrogens (tertiary/aromatic N) is 1. The highest BCUT2D eigenvalue weighted by molar-refractivity contribution is 6.33. The zero-order valence-electron chi connectivity index (χ0n) is 16.5. The highest BCUT2D eigenvalue weighted by atomic mass is 35.5. The van der Waals surface area contributed by atoms with Crippen molar-refractivity contribution >= 4 is 28.9 Å². The van der Waals surface area contributed by atoms with Crippen LogP contribution in [-0.4, -0.2) is 36.5 Å². The minimum Gasteiger partial charge on any atom is -0.494 e. The van der Waals surface area contributed by atoms with Crippen LogP contribution in [0.2, 0.25) is 5.02 Å². The van der Waals surface area contributed by atoms with E-state index < -0.39 is 0 Å². The number of nitrogens with one attached hydrogen (secondary N) is 1. The number of nitrogens with two attached hydrogens (primary N) is 1. The fraction of sp³-hybridized carbons (Fsp3) is 0.667. The van der Waals surface area contributed by atoms with Crippen LogP contribution in [-0.2, 0) is 4.79 Å². The molecule has 2 unspecified atom stereocenters. The van der Waals surface area contributed by atoms with Gasteiger partial charge in [-0.05, 0) is 44.7 Å². The topological polar surface area (TPSA) is 67.6 Å². The first-order valence-electron chi connectivity index (χ1n) is 10.2. The monoisotopic (exact) mass is 393 g/mol. The van der Waals surface area contributed by atoms with Crippen molar-refractivity contribution in [3.63, 3.8) is 0 Å². The van der Waals surface area contributed by atoms with Gasteiger partial charge in [0, 0.05) is 24.1 Å². The summed E-state index contributed by atoms with van der Waals surface area (Å²) in [7, 11) is 1.57. The van der Waals surface area contributed by atoms with E-state index in [-0.39, 0.29) is 11.8 Å². The van der Waals surface area contributed by atoms with Crippen LogP contribution in [0.5, 0.6) is 5.75 Å². The van der Waals surface area contributed by atoms with Crippen molar-refractivity contribution in [1.82, 2.24) is 4.90 Å². The van der Waals surface area contributed by atoms with E-state index in [1.54, 1.807) is 19.2 Å². The standard InChI is InChI=1S/C21H32ClN3O2/c1-3-4-5-6-9-25-15-7-8-16(25)11-14(10-15)21(26)24-19-12-17(22)18(23)13-20(19)27-2/h12-16H,3-11,23H2,1-2H3,(H,24,26). The van der Waals surface area contributed by atoms with Gasteiger partial charge in [0.15, 0.2) is 0 Å². The third kappa shape index (κ3) is 4.69. The Kier molecular flexibility index (Phi) is 6.88. The van der Waals surface area contributed by atoms with E-state index in [4.69, 9.17) is 22.1 Å². The number of piperidine rings is 1. The Hall–Kier alpha value is -1.46. The summed E-state index contributed by atoms with van der Waals surface area (Å²) in [5, 5.41) is 3.44. The van der Waals surface area contributed by atoms with Gasteiger partial charge in [0.05, 0.1) is 23.5 Å². The van der Waals surface area contributed by atoms with E-state index in [1.165, 1.54) is 45.1 Å². The lowest BCUT2D eigenvalue weighted by atomic mass is 9.89. The zero-order valence-corrected chi connectivity index (χ0v) is 17.2. The maximum Gasteiger partial charge on any atom is 0.227 e. The van der Waals surface area contributed by atoms with Crippen LogP contribution in [0.4, 0.5) is 11.4 Å². The molecule has 2 heterocycles. The first kappa shape index (κ1) is 20.3. The Labute approximate surface area is 167 Å². The lowest BCUT2D eigenvalue weighted by molar-refractivity contribution is -0.122. The first-order chi connectivity index (χ1) is 13.0. The molecular formula is C21H32ClN3O2. The Morgan fingerprint density at radius 3 is 2.59 bits per heavy atom. The quantitative estimate of drug-likeness (QED) is 0.496. The van der Waals surface area contributed by atoms with Crippen molar-refractivity contribution in [2.45, 2.75) is 70.4 Å². The Bertz CT molecular complexity index is 653. The number of halogens is 1. The summed E-state index contributed by atoms with van der Waals surface area (Å²) in [4.78, 5) is 15.6. The van der Waals surface area contributed by atoms with E-state index in [2.05, 4.69) is 17.1 Å². The summed E-state index contributed by atoms with van der Waals surface area (Å²) < 4.78 is 5.34. The lowest BCUT2D eigenvalue weighted by Gasteiger charge is -2.38. The lowest BCUT2D eigenvalue weighted by Crippen LogP contribution is -2.46. The third-order valence-electron chi connectivity index (χ3n) is 6.10. The zero-order chi connectivity index (χ0) is 19.4. The van der Waals surface area contributed by atoms with Crippen molar-refractivity contribution < 1.29 is 9.53 Å². The number of amides is 1. The number of carbonyl (C=O) groups excluding carboxylic acids is 1. The van der Waals surface area contributed by atoms with Gasteiger partial charge in [-0.2, -0.15) is 0 Å². The number of nitrogen functional groups attached to an aromatic ring is 1. The van der Waals surface area contributed by atoms with Crippen LogP contribution in [0.3, 0.4) is 0 Å². The maximum absolute atomic E-state index is 12.9. The molecule has 2 aliphatic heterocycles. The van der Waals surface area contributed by atoms with Gasteiger partial charge in [-0.1, -0.05) is 37.8 Å². The molecule has 150 valence electrons. The number of carbonyl (C=O) groups is 1. The van der Waals surface area contributed by atoms with E-state index in [9.17, 15) is 4.79 Å². The van der Waals surface area contributed by atoms with Gasteiger partial charge < -0.3 is 15.8 Å². The molecule has 3 rings (SSSR count). The number of ether oxygens (including phenoxy) is 1. The van der Waals surface area contributed by atoms with Gasteiger partial charge in [-0.25, -0.2) is 0 Å². The molecule has 0 spiro atoms. The van der Waals surface area contributed by atoms with Gasteiger partial charge in [-0.3, -0.25) is 9.69 Å². The molecule has 27 heavy (non-hydrogen) atoms. The molecule has 1 amide bonds. The second-order valence-corrected chi connectivity index (χ2v) is 8.32. The normalized spacial score (nSPS) is 24.8. The molecule has 0 radical (unpaired) electrons. The molecule has 2 aliphatic rings. The van der Waals surface area contributed by atoms with E-state index in [0.29, 0.717) is 34.2 Å². The largest absolute Gasteiger partial charge is 0.494 e. The molecule has 2 fully saturated rings. The number of benzene rings is 1. The van der Waals surface area contributed by atoms with Gasteiger partial charge in [0.2, 0.25) is 5.91 Å². The van der Waals surface area contributed by atoms with Crippen molar-refractivity contribution in [3.05, 3.63) is 17.2 Å². The summed E-state index contributed by atoms with van der Waals surface area (Å²) in [6, 6.07) is 4.43. The molecule has 2 bridgehead atoms. The van der Waals surface area contributed by atoms with Gasteiger partial charge in [0.1, 0.15) is 5.75 Å². The highest BCUT2D eigenvalue weighted by Gasteiger charge is 2.42. The predicted molar refractivity (Wildman–Crippen MR) is 111 cm³/mol. The fourth-order valence-corrected chi connectivity index (χ4v) is 4.81. The number of hydrogen-bond acceptors (Lipinski definition) is 4. The number of hydrogen-bond donors (Lipinski definition) is 2. The number of fused-ring (bicyclic) bond motifs is 2. The number of rotatable bonds is 8. The van der Waals surface area contributed by atoms with Crippen molar-refractivity contribution in [2.24, 2.45) is 5.92 Å². The van der Waals surface area contributed by atoms with Crippen LogP contribution in [0.1, 0.15) is 58.3 Å². The molecule has 6 heteroatoms. The first-order valence-corrected chi connectivity index (χ1v) is 10.6. The van der Waals surface area contributed by atoms with E-state index in [0.717, 1.165) is 12.8 Å². The maximum atomic E-state index is 12.9. The van der Waals surface area contributed by atoms with Crippen molar-refractivity contribution in [2.75, 3.05) is 24.7 Å². The molecule has 0 saturated carbocycles. The third-order valence-corrected chi connectivity index (χ3v) is 6.43. The predicted octanol–water partition coefficient (Wildman–Crippen LogP) is 4.69. The van der Waals surface area contributed by atoms with Crippen LogP contribution in [0.25, 0.3) is 0 Å². The van der Waals surface area contributed by atoms with Gasteiger partial charge in [0.25, 0.3) is 0 Å². The molecule has 2 saturated heterocycles. The van der Waals surface area contributed by atoms with Crippen LogP contribution >= 0.6 is 11.6 Å². The Morgan fingerprint density at radius 2 is 1.96 bits per heavy atom.